The highest BCUT2D eigenvalue weighted by Crippen LogP contribution is 2.34. The van der Waals surface area contributed by atoms with Gasteiger partial charge in [0.25, 0.3) is 0 Å². The molecule has 0 radical (unpaired) electrons. The Bertz CT molecular complexity index is 852. The molecule has 0 bridgehead atoms. The second kappa shape index (κ2) is 6.58. The smallest absolute Gasteiger partial charge is 0.343 e. The van der Waals surface area contributed by atoms with E-state index < -0.39 is 11.8 Å². The number of hydrogen-bond acceptors (Lipinski definition) is 4. The van der Waals surface area contributed by atoms with Crippen LogP contribution in [0.4, 0.5) is 4.39 Å². The molecule has 2 aromatic rings. The van der Waals surface area contributed by atoms with Crippen LogP contribution in [-0.4, -0.2) is 20.2 Å². The lowest BCUT2D eigenvalue weighted by atomic mass is 10.1. The van der Waals surface area contributed by atoms with Crippen molar-refractivity contribution in [3.05, 3.63) is 71.1 Å². The van der Waals surface area contributed by atoms with Gasteiger partial charge in [0.15, 0.2) is 11.5 Å². The number of carbonyl (C=O) groups is 1. The number of esters is 1. The van der Waals surface area contributed by atoms with Gasteiger partial charge in [-0.3, -0.25) is 0 Å². The van der Waals surface area contributed by atoms with Crippen molar-refractivity contribution in [3.8, 4) is 11.5 Å². The first kappa shape index (κ1) is 15.8. The third kappa shape index (κ3) is 3.01. The van der Waals surface area contributed by atoms with E-state index in [1.54, 1.807) is 49.6 Å². The lowest BCUT2D eigenvalue weighted by molar-refractivity contribution is -0.130. The van der Waals surface area contributed by atoms with Crippen molar-refractivity contribution in [2.45, 2.75) is 0 Å². The zero-order valence-corrected chi connectivity index (χ0v) is 13.2. The zero-order chi connectivity index (χ0) is 17.1. The summed E-state index contributed by atoms with van der Waals surface area (Å²) in [4.78, 5) is 12.0. The Morgan fingerprint density at radius 2 is 1.79 bits per heavy atom. The molecule has 5 heteroatoms. The van der Waals surface area contributed by atoms with Crippen molar-refractivity contribution in [1.82, 2.24) is 0 Å². The summed E-state index contributed by atoms with van der Waals surface area (Å²) in [6, 6.07) is 11.4. The van der Waals surface area contributed by atoms with Crippen LogP contribution in [-0.2, 0) is 9.53 Å². The highest BCUT2D eigenvalue weighted by atomic mass is 19.1. The molecule has 3 rings (SSSR count). The summed E-state index contributed by atoms with van der Waals surface area (Å²) in [6.45, 7) is 0. The van der Waals surface area contributed by atoms with Crippen LogP contribution >= 0.6 is 0 Å². The molecule has 0 N–H and O–H groups in total. The molecule has 0 aliphatic carbocycles. The van der Waals surface area contributed by atoms with Gasteiger partial charge in [-0.25, -0.2) is 9.18 Å². The fourth-order valence-corrected chi connectivity index (χ4v) is 2.38. The fourth-order valence-electron chi connectivity index (χ4n) is 2.38. The fraction of sp³-hybridized carbons (Fsp3) is 0.105. The monoisotopic (exact) mass is 326 g/mol. The Morgan fingerprint density at radius 1 is 1.04 bits per heavy atom. The second-order valence-corrected chi connectivity index (χ2v) is 5.09. The Kier molecular flexibility index (Phi) is 4.33. The van der Waals surface area contributed by atoms with E-state index in [1.807, 2.05) is 0 Å². The van der Waals surface area contributed by atoms with Gasteiger partial charge < -0.3 is 14.2 Å². The predicted molar refractivity (Wildman–Crippen MR) is 88.0 cm³/mol. The SMILES string of the molecule is COc1ccc(C2=C/C(=C/c3ccccc3F)C(=O)O2)cc1OC. The molecule has 0 saturated carbocycles. The van der Waals surface area contributed by atoms with Crippen LogP contribution in [0.1, 0.15) is 11.1 Å². The van der Waals surface area contributed by atoms with E-state index in [-0.39, 0.29) is 5.57 Å². The molecule has 2 aromatic carbocycles. The number of cyclic esters (lactones) is 1. The van der Waals surface area contributed by atoms with E-state index in [2.05, 4.69) is 0 Å². The van der Waals surface area contributed by atoms with Crippen LogP contribution in [0.25, 0.3) is 11.8 Å². The Balaban J connectivity index is 1.96. The minimum atomic E-state index is -0.525. The minimum absolute atomic E-state index is 0.282. The van der Waals surface area contributed by atoms with Gasteiger partial charge in [0, 0.05) is 11.1 Å². The van der Waals surface area contributed by atoms with E-state index in [0.717, 1.165) is 0 Å². The highest BCUT2D eigenvalue weighted by molar-refractivity contribution is 6.05. The average Bonchev–Trinajstić information content (AvgIpc) is 2.97. The van der Waals surface area contributed by atoms with Crippen molar-refractivity contribution in [3.63, 3.8) is 0 Å². The van der Waals surface area contributed by atoms with Crippen molar-refractivity contribution < 1.29 is 23.4 Å². The summed E-state index contributed by atoms with van der Waals surface area (Å²) < 4.78 is 29.4. The summed E-state index contributed by atoms with van der Waals surface area (Å²) >= 11 is 0. The van der Waals surface area contributed by atoms with Crippen LogP contribution in [0.2, 0.25) is 0 Å². The van der Waals surface area contributed by atoms with Gasteiger partial charge in [-0.2, -0.15) is 0 Å². The topological polar surface area (TPSA) is 44.8 Å². The summed E-state index contributed by atoms with van der Waals surface area (Å²) in [6.07, 6.45) is 3.04. The van der Waals surface area contributed by atoms with Gasteiger partial charge in [0.05, 0.1) is 19.8 Å². The molecule has 1 aliphatic rings. The van der Waals surface area contributed by atoms with E-state index in [9.17, 15) is 9.18 Å². The summed E-state index contributed by atoms with van der Waals surface area (Å²) in [5, 5.41) is 0. The maximum atomic E-state index is 13.7. The second-order valence-electron chi connectivity index (χ2n) is 5.09. The van der Waals surface area contributed by atoms with Crippen molar-refractivity contribution in [2.24, 2.45) is 0 Å². The standard InChI is InChI=1S/C19H15FO4/c1-22-16-8-7-13(10-18(16)23-2)17-11-14(19(21)24-17)9-12-5-3-4-6-15(12)20/h3-11H,1-2H3/b14-9-. The molecule has 0 fully saturated rings. The van der Waals surface area contributed by atoms with Gasteiger partial charge in [-0.1, -0.05) is 18.2 Å². The molecular weight excluding hydrogens is 311 g/mol. The molecule has 0 saturated heterocycles. The number of carbonyl (C=O) groups excluding carboxylic acids is 1. The first-order valence-electron chi connectivity index (χ1n) is 7.25. The van der Waals surface area contributed by atoms with E-state index >= 15 is 0 Å². The van der Waals surface area contributed by atoms with Gasteiger partial charge in [-0.15, -0.1) is 0 Å². The minimum Gasteiger partial charge on any atom is -0.493 e. The first-order valence-corrected chi connectivity index (χ1v) is 7.25. The Labute approximate surface area is 138 Å². The number of rotatable bonds is 4. The van der Waals surface area contributed by atoms with Crippen molar-refractivity contribution >= 4 is 17.8 Å². The van der Waals surface area contributed by atoms with Crippen LogP contribution in [0.15, 0.2) is 54.1 Å². The van der Waals surface area contributed by atoms with Gasteiger partial charge in [0.1, 0.15) is 11.6 Å². The highest BCUT2D eigenvalue weighted by Gasteiger charge is 2.23. The molecule has 122 valence electrons. The molecule has 1 heterocycles. The third-order valence-corrected chi connectivity index (χ3v) is 3.61. The Hall–Kier alpha value is -3.08. The average molecular weight is 326 g/mol. The molecule has 1 aliphatic heterocycles. The van der Waals surface area contributed by atoms with Crippen molar-refractivity contribution in [2.75, 3.05) is 14.2 Å². The molecule has 0 unspecified atom stereocenters. The van der Waals surface area contributed by atoms with E-state index in [4.69, 9.17) is 14.2 Å². The number of methoxy groups -OCH3 is 2. The molecule has 4 nitrogen and oxygen atoms in total. The van der Waals surface area contributed by atoms with Crippen LogP contribution in [0, 0.1) is 5.82 Å². The first-order chi connectivity index (χ1) is 11.6. The molecular formula is C19H15FO4. The van der Waals surface area contributed by atoms with Crippen LogP contribution in [0.3, 0.4) is 0 Å². The zero-order valence-electron chi connectivity index (χ0n) is 13.2. The van der Waals surface area contributed by atoms with Gasteiger partial charge >= 0.3 is 5.97 Å². The molecule has 0 atom stereocenters. The maximum absolute atomic E-state index is 13.7. The predicted octanol–water partition coefficient (Wildman–Crippen LogP) is 3.82. The van der Waals surface area contributed by atoms with E-state index in [1.165, 1.54) is 19.3 Å². The summed E-state index contributed by atoms with van der Waals surface area (Å²) in [5.74, 6) is 0.559. The number of ether oxygens (including phenoxy) is 3. The lowest BCUT2D eigenvalue weighted by Crippen LogP contribution is -1.98. The molecule has 0 amide bonds. The molecule has 0 aromatic heterocycles. The maximum Gasteiger partial charge on any atom is 0.343 e. The molecule has 0 spiro atoms. The van der Waals surface area contributed by atoms with Crippen LogP contribution < -0.4 is 9.47 Å². The summed E-state index contributed by atoms with van der Waals surface area (Å²) in [5.41, 5.74) is 1.28. The summed E-state index contributed by atoms with van der Waals surface area (Å²) in [7, 11) is 3.07. The van der Waals surface area contributed by atoms with Gasteiger partial charge in [-0.05, 0) is 36.4 Å². The lowest BCUT2D eigenvalue weighted by Gasteiger charge is -2.09. The molecule has 24 heavy (non-hydrogen) atoms. The number of hydrogen-bond donors (Lipinski definition) is 0. The quantitative estimate of drug-likeness (QED) is 0.633. The van der Waals surface area contributed by atoms with Crippen LogP contribution in [0.5, 0.6) is 11.5 Å². The number of benzene rings is 2. The number of halogens is 1. The third-order valence-electron chi connectivity index (χ3n) is 3.61. The Morgan fingerprint density at radius 3 is 2.50 bits per heavy atom. The normalized spacial score (nSPS) is 15.2. The van der Waals surface area contributed by atoms with Crippen molar-refractivity contribution in [1.29, 1.82) is 0 Å². The van der Waals surface area contributed by atoms with Gasteiger partial charge in [0.2, 0.25) is 0 Å². The van der Waals surface area contributed by atoms with E-state index in [0.29, 0.717) is 28.4 Å². The largest absolute Gasteiger partial charge is 0.493 e.